The molecule has 0 aliphatic heterocycles. The maximum Gasteiger partial charge on any atom is 0.416 e. The highest BCUT2D eigenvalue weighted by molar-refractivity contribution is 9.10. The van der Waals surface area contributed by atoms with Crippen LogP contribution in [-0.2, 0) is 0 Å². The van der Waals surface area contributed by atoms with Crippen LogP contribution < -0.4 is 4.74 Å². The lowest BCUT2D eigenvalue weighted by molar-refractivity contribution is 0.170. The molecule has 1 aromatic heterocycles. The zero-order valence-corrected chi connectivity index (χ0v) is 9.83. The molecule has 4 nitrogen and oxygen atoms in total. The molecule has 0 aliphatic rings. The molecule has 0 aliphatic carbocycles. The summed E-state index contributed by atoms with van der Waals surface area (Å²) < 4.78 is 5.86. The van der Waals surface area contributed by atoms with E-state index >= 15 is 0 Å². The number of hydrogen-bond acceptors (Lipinski definition) is 3. The van der Waals surface area contributed by atoms with Crippen molar-refractivity contribution in [2.24, 2.45) is 0 Å². The van der Waals surface area contributed by atoms with E-state index in [0.717, 1.165) is 10.0 Å². The summed E-state index contributed by atoms with van der Waals surface area (Å²) in [4.78, 5) is 16.5. The molecule has 0 atom stereocenters. The van der Waals surface area contributed by atoms with Gasteiger partial charge in [-0.3, -0.25) is 0 Å². The predicted octanol–water partition coefficient (Wildman–Crippen LogP) is 2.21. The monoisotopic (exact) mass is 258 g/mol. The molecule has 5 heteroatoms. The molecule has 0 fully saturated rings. The van der Waals surface area contributed by atoms with Crippen LogP contribution in [0.3, 0.4) is 0 Å². The number of ether oxygens (including phenoxy) is 1. The average molecular weight is 259 g/mol. The van der Waals surface area contributed by atoms with Gasteiger partial charge < -0.3 is 9.64 Å². The molecular formula is C9H11BrN2O2. The molecule has 1 heterocycles. The van der Waals surface area contributed by atoms with Gasteiger partial charge in [-0.25, -0.2) is 9.78 Å². The van der Waals surface area contributed by atoms with Crippen LogP contribution in [0.5, 0.6) is 5.88 Å². The van der Waals surface area contributed by atoms with Crippen molar-refractivity contribution in [1.29, 1.82) is 0 Å². The van der Waals surface area contributed by atoms with Gasteiger partial charge in [0.1, 0.15) is 0 Å². The first-order valence-corrected chi connectivity index (χ1v) is 4.81. The first kappa shape index (κ1) is 11.0. The molecule has 76 valence electrons. The number of aryl methyl sites for hydroxylation is 1. The van der Waals surface area contributed by atoms with Crippen molar-refractivity contribution in [2.45, 2.75) is 6.92 Å². The topological polar surface area (TPSA) is 42.4 Å². The fraction of sp³-hybridized carbons (Fsp3) is 0.333. The summed E-state index contributed by atoms with van der Waals surface area (Å²) in [5.41, 5.74) is 0.974. The number of amides is 1. The third-order valence-corrected chi connectivity index (χ3v) is 2.41. The van der Waals surface area contributed by atoms with Crippen molar-refractivity contribution < 1.29 is 9.53 Å². The summed E-state index contributed by atoms with van der Waals surface area (Å²) >= 11 is 3.31. The Labute approximate surface area is 91.0 Å². The SMILES string of the molecule is Cc1cc(OC(=O)N(C)C)ncc1Br. The second-order valence-corrected chi connectivity index (χ2v) is 3.89. The Morgan fingerprint density at radius 2 is 2.21 bits per heavy atom. The van der Waals surface area contributed by atoms with Gasteiger partial charge in [0.15, 0.2) is 0 Å². The van der Waals surface area contributed by atoms with Crippen LogP contribution in [0.4, 0.5) is 4.79 Å². The molecule has 1 rings (SSSR count). The largest absolute Gasteiger partial charge is 0.416 e. The smallest absolute Gasteiger partial charge is 0.391 e. The standard InChI is InChI=1S/C9H11BrN2O2/c1-6-4-8(11-5-7(6)10)14-9(13)12(2)3/h4-5H,1-3H3. The molecule has 0 radical (unpaired) electrons. The Kier molecular flexibility index (Phi) is 3.46. The fourth-order valence-corrected chi connectivity index (χ4v) is 0.967. The lowest BCUT2D eigenvalue weighted by atomic mass is 10.3. The van der Waals surface area contributed by atoms with Crippen molar-refractivity contribution in [3.63, 3.8) is 0 Å². The number of carbonyl (C=O) groups excluding carboxylic acids is 1. The first-order valence-electron chi connectivity index (χ1n) is 4.02. The number of nitrogens with zero attached hydrogens (tertiary/aromatic N) is 2. The molecular weight excluding hydrogens is 248 g/mol. The molecule has 1 amide bonds. The number of rotatable bonds is 1. The molecule has 14 heavy (non-hydrogen) atoms. The fourth-order valence-electron chi connectivity index (χ4n) is 0.750. The van der Waals surface area contributed by atoms with Gasteiger partial charge in [0.05, 0.1) is 0 Å². The van der Waals surface area contributed by atoms with Crippen molar-refractivity contribution in [2.75, 3.05) is 14.1 Å². The van der Waals surface area contributed by atoms with E-state index < -0.39 is 6.09 Å². The minimum atomic E-state index is -0.431. The van der Waals surface area contributed by atoms with Crippen LogP contribution in [-0.4, -0.2) is 30.1 Å². The average Bonchev–Trinajstić information content (AvgIpc) is 2.11. The normalized spacial score (nSPS) is 9.71. The van der Waals surface area contributed by atoms with E-state index in [0.29, 0.717) is 5.88 Å². The molecule has 0 unspecified atom stereocenters. The molecule has 0 bridgehead atoms. The van der Waals surface area contributed by atoms with E-state index in [1.54, 1.807) is 26.4 Å². The Morgan fingerprint density at radius 1 is 1.57 bits per heavy atom. The number of pyridine rings is 1. The predicted molar refractivity (Wildman–Crippen MR) is 56.4 cm³/mol. The van der Waals surface area contributed by atoms with E-state index in [1.807, 2.05) is 6.92 Å². The van der Waals surface area contributed by atoms with Crippen LogP contribution in [0.2, 0.25) is 0 Å². The molecule has 0 aromatic carbocycles. The third-order valence-electron chi connectivity index (χ3n) is 1.58. The third kappa shape index (κ3) is 2.70. The van der Waals surface area contributed by atoms with E-state index in [2.05, 4.69) is 20.9 Å². The van der Waals surface area contributed by atoms with Crippen molar-refractivity contribution in [3.05, 3.63) is 22.3 Å². The number of halogens is 1. The Hall–Kier alpha value is -1.10. The van der Waals surface area contributed by atoms with E-state index in [9.17, 15) is 4.79 Å². The summed E-state index contributed by atoms with van der Waals surface area (Å²) in [5.74, 6) is 0.310. The van der Waals surface area contributed by atoms with Gasteiger partial charge in [0.25, 0.3) is 0 Å². The molecule has 0 saturated heterocycles. The highest BCUT2D eigenvalue weighted by Crippen LogP contribution is 2.18. The minimum Gasteiger partial charge on any atom is -0.391 e. The summed E-state index contributed by atoms with van der Waals surface area (Å²) in [6, 6.07) is 1.70. The summed E-state index contributed by atoms with van der Waals surface area (Å²) in [7, 11) is 3.24. The van der Waals surface area contributed by atoms with Gasteiger partial charge >= 0.3 is 6.09 Å². The number of hydrogen-bond donors (Lipinski definition) is 0. The minimum absolute atomic E-state index is 0.310. The Bertz CT molecular complexity index is 353. The van der Waals surface area contributed by atoms with Crippen LogP contribution in [0.25, 0.3) is 0 Å². The second-order valence-electron chi connectivity index (χ2n) is 3.03. The number of aromatic nitrogens is 1. The number of carbonyl (C=O) groups is 1. The van der Waals surface area contributed by atoms with Gasteiger partial charge in [0, 0.05) is 30.8 Å². The highest BCUT2D eigenvalue weighted by atomic mass is 79.9. The zero-order chi connectivity index (χ0) is 10.7. The summed E-state index contributed by atoms with van der Waals surface area (Å²) in [6.45, 7) is 1.90. The summed E-state index contributed by atoms with van der Waals surface area (Å²) in [5, 5.41) is 0. The Balaban J connectivity index is 2.78. The Morgan fingerprint density at radius 3 is 2.71 bits per heavy atom. The van der Waals surface area contributed by atoms with Gasteiger partial charge in [-0.05, 0) is 28.4 Å². The van der Waals surface area contributed by atoms with Crippen molar-refractivity contribution >= 4 is 22.0 Å². The molecule has 1 aromatic rings. The van der Waals surface area contributed by atoms with Gasteiger partial charge in [0.2, 0.25) is 5.88 Å². The van der Waals surface area contributed by atoms with Crippen LogP contribution in [0.1, 0.15) is 5.56 Å². The van der Waals surface area contributed by atoms with Crippen LogP contribution in [0.15, 0.2) is 16.7 Å². The first-order chi connectivity index (χ1) is 6.50. The van der Waals surface area contributed by atoms with E-state index in [-0.39, 0.29) is 0 Å². The van der Waals surface area contributed by atoms with Crippen LogP contribution >= 0.6 is 15.9 Å². The molecule has 0 N–H and O–H groups in total. The second kappa shape index (κ2) is 4.41. The van der Waals surface area contributed by atoms with Gasteiger partial charge in [-0.15, -0.1) is 0 Å². The lowest BCUT2D eigenvalue weighted by Crippen LogP contribution is -2.25. The van der Waals surface area contributed by atoms with E-state index in [4.69, 9.17) is 4.74 Å². The molecule has 0 saturated carbocycles. The summed E-state index contributed by atoms with van der Waals surface area (Å²) in [6.07, 6.45) is 1.17. The lowest BCUT2D eigenvalue weighted by Gasteiger charge is -2.10. The van der Waals surface area contributed by atoms with E-state index in [1.165, 1.54) is 4.90 Å². The highest BCUT2D eigenvalue weighted by Gasteiger charge is 2.08. The quantitative estimate of drug-likeness (QED) is 0.776. The van der Waals surface area contributed by atoms with Crippen molar-refractivity contribution in [3.8, 4) is 5.88 Å². The maximum atomic E-state index is 11.2. The van der Waals surface area contributed by atoms with Gasteiger partial charge in [-0.2, -0.15) is 0 Å². The van der Waals surface area contributed by atoms with Crippen molar-refractivity contribution in [1.82, 2.24) is 9.88 Å². The maximum absolute atomic E-state index is 11.2. The zero-order valence-electron chi connectivity index (χ0n) is 8.24. The van der Waals surface area contributed by atoms with Crippen LogP contribution in [0, 0.1) is 6.92 Å². The molecule has 0 spiro atoms. The van der Waals surface area contributed by atoms with Gasteiger partial charge in [-0.1, -0.05) is 0 Å².